The molecule has 1 saturated heterocycles. The molecule has 0 spiro atoms. The van der Waals surface area contributed by atoms with Crippen molar-refractivity contribution in [2.24, 2.45) is 5.92 Å². The maximum absolute atomic E-state index is 11.9. The highest BCUT2D eigenvalue weighted by Gasteiger charge is 2.14. The minimum atomic E-state index is 0.0995. The van der Waals surface area contributed by atoms with Gasteiger partial charge in [0.15, 0.2) is 0 Å². The first kappa shape index (κ1) is 14.4. The van der Waals surface area contributed by atoms with Gasteiger partial charge in [0.05, 0.1) is 13.0 Å². The highest BCUT2D eigenvalue weighted by atomic mass is 32.2. The van der Waals surface area contributed by atoms with E-state index in [1.165, 1.54) is 4.90 Å². The van der Waals surface area contributed by atoms with Crippen molar-refractivity contribution in [3.63, 3.8) is 0 Å². The third-order valence-corrected chi connectivity index (χ3v) is 4.11. The Hall–Kier alpha value is -1.00. The fourth-order valence-corrected chi connectivity index (χ4v) is 2.63. The van der Waals surface area contributed by atoms with Crippen LogP contribution in [0.15, 0.2) is 29.2 Å². The number of amides is 1. The lowest BCUT2D eigenvalue weighted by Crippen LogP contribution is -2.34. The molecule has 1 aromatic rings. The fraction of sp³-hybridized carbons (Fsp3) is 0.533. The Balaban J connectivity index is 1.73. The van der Waals surface area contributed by atoms with Gasteiger partial charge in [0.2, 0.25) is 5.91 Å². The Morgan fingerprint density at radius 1 is 1.42 bits per heavy atom. The average Bonchev–Trinajstić information content (AvgIpc) is 2.47. The second-order valence-corrected chi connectivity index (χ2v) is 5.79. The summed E-state index contributed by atoms with van der Waals surface area (Å²) in [4.78, 5) is 13.1. The molecule has 1 aliphatic heterocycles. The van der Waals surface area contributed by atoms with Crippen LogP contribution in [0.3, 0.4) is 0 Å². The highest BCUT2D eigenvalue weighted by molar-refractivity contribution is 7.98. The summed E-state index contributed by atoms with van der Waals surface area (Å²) in [6.07, 6.45) is 4.77. The summed E-state index contributed by atoms with van der Waals surface area (Å²) in [6.45, 7) is 2.39. The maximum Gasteiger partial charge on any atom is 0.224 e. The van der Waals surface area contributed by atoms with Gasteiger partial charge in [-0.2, -0.15) is 0 Å². The molecule has 1 fully saturated rings. The van der Waals surface area contributed by atoms with Crippen molar-refractivity contribution in [3.8, 4) is 0 Å². The first-order chi connectivity index (χ1) is 9.28. The van der Waals surface area contributed by atoms with E-state index >= 15 is 0 Å². The number of carbonyl (C=O) groups is 1. The van der Waals surface area contributed by atoms with Crippen molar-refractivity contribution in [2.45, 2.75) is 24.2 Å². The van der Waals surface area contributed by atoms with E-state index in [0.717, 1.165) is 38.2 Å². The zero-order valence-electron chi connectivity index (χ0n) is 11.4. The lowest BCUT2D eigenvalue weighted by atomic mass is 10.0. The normalized spacial score (nSPS) is 19.1. The Bertz CT molecular complexity index is 399. The molecule has 2 rings (SSSR count). The number of thioether (sulfide) groups is 1. The second-order valence-electron chi connectivity index (χ2n) is 4.91. The third-order valence-electron chi connectivity index (χ3n) is 3.37. The molecule has 19 heavy (non-hydrogen) atoms. The van der Waals surface area contributed by atoms with Crippen molar-refractivity contribution in [1.29, 1.82) is 0 Å². The van der Waals surface area contributed by atoms with Gasteiger partial charge in [-0.3, -0.25) is 4.79 Å². The number of carbonyl (C=O) groups excluding carboxylic acids is 1. The molecule has 3 nitrogen and oxygen atoms in total. The first-order valence-corrected chi connectivity index (χ1v) is 7.98. The van der Waals surface area contributed by atoms with Crippen LogP contribution in [0.4, 0.5) is 0 Å². The third kappa shape index (κ3) is 4.88. The molecule has 4 heteroatoms. The van der Waals surface area contributed by atoms with E-state index in [1.54, 1.807) is 11.8 Å². The van der Waals surface area contributed by atoms with E-state index in [0.29, 0.717) is 12.3 Å². The highest BCUT2D eigenvalue weighted by Crippen LogP contribution is 2.15. The van der Waals surface area contributed by atoms with E-state index in [9.17, 15) is 4.79 Å². The van der Waals surface area contributed by atoms with Crippen LogP contribution in [0.5, 0.6) is 0 Å². The summed E-state index contributed by atoms with van der Waals surface area (Å²) >= 11 is 1.71. The molecular weight excluding hydrogens is 258 g/mol. The van der Waals surface area contributed by atoms with Crippen LogP contribution in [0.25, 0.3) is 0 Å². The number of nitrogens with one attached hydrogen (secondary N) is 1. The predicted octanol–water partition coefficient (Wildman–Crippen LogP) is 2.49. The topological polar surface area (TPSA) is 38.3 Å². The summed E-state index contributed by atoms with van der Waals surface area (Å²) in [5.41, 5.74) is 1.06. The molecule has 1 N–H and O–H groups in total. The molecule has 0 bridgehead atoms. The maximum atomic E-state index is 11.9. The zero-order valence-corrected chi connectivity index (χ0v) is 12.2. The molecule has 0 unspecified atom stereocenters. The molecule has 0 aromatic heterocycles. The van der Waals surface area contributed by atoms with Crippen LogP contribution in [-0.4, -0.2) is 31.9 Å². The van der Waals surface area contributed by atoms with Gasteiger partial charge in [-0.25, -0.2) is 0 Å². The molecule has 1 aliphatic rings. The number of hydrogen-bond donors (Lipinski definition) is 1. The van der Waals surface area contributed by atoms with Crippen molar-refractivity contribution in [3.05, 3.63) is 29.8 Å². The Labute approximate surface area is 119 Å². The van der Waals surface area contributed by atoms with Gasteiger partial charge < -0.3 is 10.1 Å². The Kier molecular flexibility index (Phi) is 5.73. The van der Waals surface area contributed by atoms with Crippen molar-refractivity contribution < 1.29 is 9.53 Å². The van der Waals surface area contributed by atoms with Crippen molar-refractivity contribution >= 4 is 17.7 Å². The van der Waals surface area contributed by atoms with Crippen LogP contribution in [-0.2, 0) is 16.0 Å². The summed E-state index contributed by atoms with van der Waals surface area (Å²) < 4.78 is 5.40. The minimum absolute atomic E-state index is 0.0995. The lowest BCUT2D eigenvalue weighted by Gasteiger charge is -2.22. The fourth-order valence-electron chi connectivity index (χ4n) is 2.22. The lowest BCUT2D eigenvalue weighted by molar-refractivity contribution is -0.120. The van der Waals surface area contributed by atoms with Crippen LogP contribution in [0.2, 0.25) is 0 Å². The van der Waals surface area contributed by atoms with Gasteiger partial charge in [-0.1, -0.05) is 12.1 Å². The summed E-state index contributed by atoms with van der Waals surface area (Å²) in [7, 11) is 0. The van der Waals surface area contributed by atoms with E-state index in [4.69, 9.17) is 4.74 Å². The Morgan fingerprint density at radius 2 is 2.21 bits per heavy atom. The number of ether oxygens (including phenoxy) is 1. The van der Waals surface area contributed by atoms with E-state index < -0.39 is 0 Å². The Morgan fingerprint density at radius 3 is 2.84 bits per heavy atom. The monoisotopic (exact) mass is 279 g/mol. The predicted molar refractivity (Wildman–Crippen MR) is 78.5 cm³/mol. The molecule has 0 aliphatic carbocycles. The molecule has 104 valence electrons. The van der Waals surface area contributed by atoms with Gasteiger partial charge in [0, 0.05) is 18.0 Å². The van der Waals surface area contributed by atoms with Gasteiger partial charge in [-0.15, -0.1) is 11.8 Å². The van der Waals surface area contributed by atoms with Gasteiger partial charge in [-0.05, 0) is 42.7 Å². The molecule has 1 amide bonds. The molecule has 1 heterocycles. The smallest absolute Gasteiger partial charge is 0.224 e. The molecule has 1 atom stereocenters. The molecule has 0 saturated carbocycles. The van der Waals surface area contributed by atoms with Crippen molar-refractivity contribution in [1.82, 2.24) is 5.32 Å². The van der Waals surface area contributed by atoms with Crippen molar-refractivity contribution in [2.75, 3.05) is 26.0 Å². The first-order valence-electron chi connectivity index (χ1n) is 6.75. The molecule has 1 aromatic carbocycles. The number of hydrogen-bond acceptors (Lipinski definition) is 3. The summed E-state index contributed by atoms with van der Waals surface area (Å²) in [5.74, 6) is 0.582. The van der Waals surface area contributed by atoms with Gasteiger partial charge in [0.25, 0.3) is 0 Å². The number of rotatable bonds is 5. The summed E-state index contributed by atoms with van der Waals surface area (Å²) in [6, 6.07) is 8.16. The van der Waals surface area contributed by atoms with Crippen LogP contribution in [0, 0.1) is 5.92 Å². The average molecular weight is 279 g/mol. The zero-order chi connectivity index (χ0) is 13.5. The van der Waals surface area contributed by atoms with E-state index in [1.807, 2.05) is 18.4 Å². The van der Waals surface area contributed by atoms with E-state index in [-0.39, 0.29) is 5.91 Å². The molecular formula is C15H21NO2S. The largest absolute Gasteiger partial charge is 0.381 e. The molecule has 0 radical (unpaired) electrons. The second kappa shape index (κ2) is 7.56. The van der Waals surface area contributed by atoms with Gasteiger partial charge in [0.1, 0.15) is 0 Å². The van der Waals surface area contributed by atoms with Crippen LogP contribution >= 0.6 is 11.8 Å². The quantitative estimate of drug-likeness (QED) is 0.842. The van der Waals surface area contributed by atoms with Crippen LogP contribution < -0.4 is 5.32 Å². The summed E-state index contributed by atoms with van der Waals surface area (Å²) in [5, 5.41) is 3.01. The standard InChI is InChI=1S/C15H21NO2S/c1-19-14-6-4-12(5-7-14)9-15(17)16-10-13-3-2-8-18-11-13/h4-7,13H,2-3,8-11H2,1H3,(H,16,17)/t13-/m1/s1. The number of benzene rings is 1. The van der Waals surface area contributed by atoms with Crippen LogP contribution in [0.1, 0.15) is 18.4 Å². The van der Waals surface area contributed by atoms with E-state index in [2.05, 4.69) is 17.4 Å². The minimum Gasteiger partial charge on any atom is -0.381 e. The van der Waals surface area contributed by atoms with Gasteiger partial charge >= 0.3 is 0 Å². The SMILES string of the molecule is CSc1ccc(CC(=O)NC[C@H]2CCCOC2)cc1.